The van der Waals surface area contributed by atoms with Gasteiger partial charge in [0.05, 0.1) is 25.7 Å². The topological polar surface area (TPSA) is 218 Å². The summed E-state index contributed by atoms with van der Waals surface area (Å²) in [6, 6.07) is 6.80. The standard InChI is InChI=1S/C25H28O14/c1-34-10-5-14-17(18(28)11-4-9(26)2-3-13(11)37-14)15(6-10)38-25-23(33)21(31)20(30)16(39-25)8-36-24-22(32)19(29)12(27)7-35-24/h2-6,12,16,19-27,29-33H,7-8H2,1H3/t12-,16-,19+,20-,21+,22-,23-,24+,25+/m1/s1. The van der Waals surface area contributed by atoms with Gasteiger partial charge in [-0.05, 0) is 18.2 Å². The van der Waals surface area contributed by atoms with Crippen molar-refractivity contribution in [2.45, 2.75) is 55.3 Å². The summed E-state index contributed by atoms with van der Waals surface area (Å²) in [4.78, 5) is 13.3. The Hall–Kier alpha value is -3.05. The van der Waals surface area contributed by atoms with Crippen LogP contribution in [0.3, 0.4) is 0 Å². The van der Waals surface area contributed by atoms with Gasteiger partial charge >= 0.3 is 0 Å². The minimum absolute atomic E-state index is 0.0581. The number of methoxy groups -OCH3 is 1. The highest BCUT2D eigenvalue weighted by Crippen LogP contribution is 2.34. The van der Waals surface area contributed by atoms with E-state index in [1.807, 2.05) is 0 Å². The summed E-state index contributed by atoms with van der Waals surface area (Å²) >= 11 is 0. The average molecular weight is 552 g/mol. The van der Waals surface area contributed by atoms with Crippen LogP contribution in [0, 0.1) is 0 Å². The van der Waals surface area contributed by atoms with E-state index in [0.717, 1.165) is 0 Å². The summed E-state index contributed by atoms with van der Waals surface area (Å²) in [5, 5.41) is 70.8. The van der Waals surface area contributed by atoms with Gasteiger partial charge in [0.2, 0.25) is 11.7 Å². The second-order valence-corrected chi connectivity index (χ2v) is 9.33. The fourth-order valence-corrected chi connectivity index (χ4v) is 4.51. The minimum Gasteiger partial charge on any atom is -0.508 e. The Kier molecular flexibility index (Phi) is 7.65. The molecule has 0 spiro atoms. The molecular weight excluding hydrogens is 524 g/mol. The largest absolute Gasteiger partial charge is 0.508 e. The van der Waals surface area contributed by atoms with E-state index in [9.17, 15) is 40.5 Å². The second kappa shape index (κ2) is 10.8. The third kappa shape index (κ3) is 5.14. The maximum absolute atomic E-state index is 13.3. The highest BCUT2D eigenvalue weighted by molar-refractivity contribution is 5.94. The van der Waals surface area contributed by atoms with Crippen LogP contribution in [0.15, 0.2) is 39.5 Å². The van der Waals surface area contributed by atoms with Crippen molar-refractivity contribution in [2.24, 2.45) is 0 Å². The van der Waals surface area contributed by atoms with Gasteiger partial charge in [-0.15, -0.1) is 0 Å². The zero-order valence-electron chi connectivity index (χ0n) is 20.5. The van der Waals surface area contributed by atoms with Crippen molar-refractivity contribution >= 4 is 21.9 Å². The normalized spacial score (nSPS) is 33.4. The summed E-state index contributed by atoms with van der Waals surface area (Å²) in [6.45, 7) is -0.803. The van der Waals surface area contributed by atoms with Crippen LogP contribution < -0.4 is 14.9 Å². The summed E-state index contributed by atoms with van der Waals surface area (Å²) < 4.78 is 33.1. The molecule has 0 bridgehead atoms. The van der Waals surface area contributed by atoms with Gasteiger partial charge in [-0.25, -0.2) is 0 Å². The molecule has 39 heavy (non-hydrogen) atoms. The number of aliphatic hydroxyl groups excluding tert-OH is 6. The van der Waals surface area contributed by atoms with Crippen LogP contribution in [0.1, 0.15) is 0 Å². The Morgan fingerprint density at radius 1 is 0.897 bits per heavy atom. The Balaban J connectivity index is 1.43. The van der Waals surface area contributed by atoms with Gasteiger partial charge in [-0.1, -0.05) is 0 Å². The second-order valence-electron chi connectivity index (χ2n) is 9.33. The molecule has 3 heterocycles. The molecule has 2 aromatic carbocycles. The highest BCUT2D eigenvalue weighted by atomic mass is 16.7. The predicted molar refractivity (Wildman–Crippen MR) is 129 cm³/mol. The van der Waals surface area contributed by atoms with Gasteiger partial charge in [0, 0.05) is 12.1 Å². The molecule has 5 rings (SSSR count). The lowest BCUT2D eigenvalue weighted by Gasteiger charge is -2.41. The fourth-order valence-electron chi connectivity index (χ4n) is 4.51. The van der Waals surface area contributed by atoms with Crippen molar-refractivity contribution in [2.75, 3.05) is 20.3 Å². The number of ether oxygens (including phenoxy) is 5. The lowest BCUT2D eigenvalue weighted by atomic mass is 9.99. The van der Waals surface area contributed by atoms with Gasteiger partial charge in [0.25, 0.3) is 0 Å². The van der Waals surface area contributed by atoms with E-state index in [1.54, 1.807) is 0 Å². The number of hydrogen-bond acceptors (Lipinski definition) is 14. The van der Waals surface area contributed by atoms with Crippen molar-refractivity contribution in [3.05, 3.63) is 40.6 Å². The molecule has 7 N–H and O–H groups in total. The van der Waals surface area contributed by atoms with Crippen LogP contribution in [0.4, 0.5) is 0 Å². The highest BCUT2D eigenvalue weighted by Gasteiger charge is 2.46. The molecule has 0 amide bonds. The molecule has 0 radical (unpaired) electrons. The van der Waals surface area contributed by atoms with Crippen molar-refractivity contribution < 1.29 is 63.8 Å². The summed E-state index contributed by atoms with van der Waals surface area (Å²) in [5.74, 6) is -0.0715. The molecule has 2 saturated heterocycles. The van der Waals surface area contributed by atoms with Crippen LogP contribution in [0.5, 0.6) is 17.2 Å². The van der Waals surface area contributed by atoms with Gasteiger partial charge in [0.1, 0.15) is 76.5 Å². The molecule has 212 valence electrons. The van der Waals surface area contributed by atoms with Gasteiger partial charge < -0.3 is 63.8 Å². The van der Waals surface area contributed by atoms with Crippen molar-refractivity contribution in [3.8, 4) is 17.2 Å². The maximum Gasteiger partial charge on any atom is 0.229 e. The molecule has 3 aromatic rings. The smallest absolute Gasteiger partial charge is 0.229 e. The van der Waals surface area contributed by atoms with Crippen molar-refractivity contribution in [1.82, 2.24) is 0 Å². The first-order valence-corrected chi connectivity index (χ1v) is 12.0. The molecule has 1 aromatic heterocycles. The predicted octanol–water partition coefficient (Wildman–Crippen LogP) is -1.70. The van der Waals surface area contributed by atoms with Crippen LogP contribution >= 0.6 is 0 Å². The molecule has 2 aliphatic rings. The summed E-state index contributed by atoms with van der Waals surface area (Å²) in [7, 11) is 1.37. The third-order valence-electron chi connectivity index (χ3n) is 6.72. The first kappa shape index (κ1) is 27.5. The van der Waals surface area contributed by atoms with Crippen LogP contribution in [0.25, 0.3) is 21.9 Å². The molecule has 2 fully saturated rings. The lowest BCUT2D eigenvalue weighted by molar-refractivity contribution is -0.307. The first-order valence-electron chi connectivity index (χ1n) is 12.0. The molecule has 14 nitrogen and oxygen atoms in total. The quantitative estimate of drug-likeness (QED) is 0.170. The van der Waals surface area contributed by atoms with Crippen LogP contribution in [-0.4, -0.2) is 111 Å². The molecule has 2 aliphatic heterocycles. The van der Waals surface area contributed by atoms with E-state index in [-0.39, 0.29) is 45.8 Å². The number of phenols is 1. The molecular formula is C25H28O14. The molecule has 0 aliphatic carbocycles. The summed E-state index contributed by atoms with van der Waals surface area (Å²) in [6.07, 6.45) is -14.0. The van der Waals surface area contributed by atoms with Gasteiger partial charge in [-0.2, -0.15) is 0 Å². The van der Waals surface area contributed by atoms with E-state index >= 15 is 0 Å². The number of benzene rings is 2. The molecule has 9 atom stereocenters. The van der Waals surface area contributed by atoms with Crippen molar-refractivity contribution in [1.29, 1.82) is 0 Å². The van der Waals surface area contributed by atoms with E-state index in [1.165, 1.54) is 37.4 Å². The number of fused-ring (bicyclic) bond motifs is 2. The monoisotopic (exact) mass is 552 g/mol. The molecule has 0 saturated carbocycles. The Bertz CT molecular complexity index is 1390. The van der Waals surface area contributed by atoms with Gasteiger partial charge in [-0.3, -0.25) is 4.79 Å². The first-order chi connectivity index (χ1) is 18.6. The minimum atomic E-state index is -1.78. The number of rotatable bonds is 6. The number of hydrogen-bond donors (Lipinski definition) is 7. The Morgan fingerprint density at radius 3 is 2.38 bits per heavy atom. The molecule has 14 heteroatoms. The Morgan fingerprint density at radius 2 is 1.64 bits per heavy atom. The number of phenolic OH excluding ortho intramolecular Hbond substituents is 1. The van der Waals surface area contributed by atoms with E-state index in [0.29, 0.717) is 0 Å². The number of aromatic hydroxyl groups is 1. The molecule has 0 unspecified atom stereocenters. The van der Waals surface area contributed by atoms with E-state index in [2.05, 4.69) is 0 Å². The van der Waals surface area contributed by atoms with E-state index < -0.39 is 67.3 Å². The lowest BCUT2D eigenvalue weighted by Crippen LogP contribution is -2.61. The maximum atomic E-state index is 13.3. The zero-order valence-corrected chi connectivity index (χ0v) is 20.5. The zero-order chi connectivity index (χ0) is 28.0. The van der Waals surface area contributed by atoms with Crippen LogP contribution in [0.2, 0.25) is 0 Å². The summed E-state index contributed by atoms with van der Waals surface area (Å²) in [5.41, 5.74) is -0.295. The van der Waals surface area contributed by atoms with E-state index in [4.69, 9.17) is 28.1 Å². The average Bonchev–Trinajstić information content (AvgIpc) is 2.92. The van der Waals surface area contributed by atoms with Crippen molar-refractivity contribution in [3.63, 3.8) is 0 Å². The Labute approximate surface area is 219 Å². The van der Waals surface area contributed by atoms with Crippen LogP contribution in [-0.2, 0) is 14.2 Å². The number of aliphatic hydroxyl groups is 6. The fraction of sp³-hybridized carbons (Fsp3) is 0.480. The van der Waals surface area contributed by atoms with Gasteiger partial charge in [0.15, 0.2) is 6.29 Å². The SMILES string of the molecule is COc1cc(O[C@H]2O[C@H](CO[C@@H]3OC[C@@H](O)[C@H](O)[C@H]3O)[C@@H](O)[C@H](O)[C@H]2O)c2c(=O)c3cc(O)ccc3oc2c1. The third-order valence-corrected chi connectivity index (χ3v) is 6.72.